The van der Waals surface area contributed by atoms with Gasteiger partial charge in [-0.15, -0.1) is 0 Å². The Balaban J connectivity index is 1.30. The van der Waals surface area contributed by atoms with E-state index >= 15 is 0 Å². The molecule has 0 radical (unpaired) electrons. The van der Waals surface area contributed by atoms with E-state index in [4.69, 9.17) is 9.47 Å². The zero-order valence-electron chi connectivity index (χ0n) is 17.4. The summed E-state index contributed by atoms with van der Waals surface area (Å²) in [7, 11) is 0. The number of hydrogen-bond donors (Lipinski definition) is 0. The van der Waals surface area contributed by atoms with Gasteiger partial charge in [-0.05, 0) is 26.0 Å². The van der Waals surface area contributed by atoms with Crippen LogP contribution in [0.3, 0.4) is 0 Å². The molecule has 9 nitrogen and oxygen atoms in total. The van der Waals surface area contributed by atoms with Crippen LogP contribution in [0, 0.1) is 13.8 Å². The Labute approximate surface area is 178 Å². The highest BCUT2D eigenvalue weighted by Crippen LogP contribution is 2.21. The number of nitrogens with zero attached hydrogens (tertiary/aromatic N) is 6. The van der Waals surface area contributed by atoms with Crippen molar-refractivity contribution in [3.05, 3.63) is 59.8 Å². The lowest BCUT2D eigenvalue weighted by molar-refractivity contribution is -0.0405. The third kappa shape index (κ3) is 3.68. The highest BCUT2D eigenvalue weighted by molar-refractivity contribution is 5.95. The summed E-state index contributed by atoms with van der Waals surface area (Å²) in [6.07, 6.45) is 2.86. The molecule has 3 aromatic heterocycles. The van der Waals surface area contributed by atoms with E-state index < -0.39 is 0 Å². The molecule has 1 aromatic carbocycles. The number of para-hydroxylation sites is 1. The smallest absolute Gasteiger partial charge is 0.257 e. The number of hydrogen-bond acceptors (Lipinski definition) is 7. The maximum absolute atomic E-state index is 13.2. The van der Waals surface area contributed by atoms with Crippen molar-refractivity contribution < 1.29 is 14.3 Å². The van der Waals surface area contributed by atoms with Crippen LogP contribution in [-0.4, -0.2) is 67.8 Å². The molecule has 1 aliphatic rings. The molecule has 0 N–H and O–H groups in total. The van der Waals surface area contributed by atoms with Gasteiger partial charge in [-0.2, -0.15) is 5.10 Å². The number of morpholine rings is 1. The quantitative estimate of drug-likeness (QED) is 0.501. The molecule has 1 amide bonds. The molecule has 1 aliphatic heterocycles. The summed E-state index contributed by atoms with van der Waals surface area (Å²) in [6, 6.07) is 9.57. The van der Waals surface area contributed by atoms with Crippen LogP contribution in [0.15, 0.2) is 42.9 Å². The first-order valence-electron chi connectivity index (χ1n) is 10.2. The molecule has 9 heteroatoms. The number of rotatable bonds is 4. The zero-order chi connectivity index (χ0) is 21.4. The third-order valence-electron chi connectivity index (χ3n) is 5.41. The van der Waals surface area contributed by atoms with Gasteiger partial charge in [0, 0.05) is 18.8 Å². The Morgan fingerprint density at radius 3 is 3.00 bits per heavy atom. The average molecular weight is 418 g/mol. The van der Waals surface area contributed by atoms with E-state index in [1.807, 2.05) is 44.2 Å². The van der Waals surface area contributed by atoms with Gasteiger partial charge in [0.15, 0.2) is 5.65 Å². The van der Waals surface area contributed by atoms with Gasteiger partial charge in [0.2, 0.25) is 5.88 Å². The molecule has 1 unspecified atom stereocenters. The summed E-state index contributed by atoms with van der Waals surface area (Å²) >= 11 is 0. The Morgan fingerprint density at radius 2 is 2.10 bits per heavy atom. The highest BCUT2D eigenvalue weighted by atomic mass is 16.5. The fourth-order valence-electron chi connectivity index (χ4n) is 3.81. The van der Waals surface area contributed by atoms with Gasteiger partial charge in [-0.3, -0.25) is 4.79 Å². The topological polar surface area (TPSA) is 94.7 Å². The van der Waals surface area contributed by atoms with Gasteiger partial charge in [0.05, 0.1) is 41.0 Å². The number of amides is 1. The summed E-state index contributed by atoms with van der Waals surface area (Å²) < 4.78 is 13.5. The number of carbonyl (C=O) groups excluding carboxylic acids is 1. The molecule has 4 heterocycles. The SMILES string of the molecule is Cc1cc2ncc(C(=O)N3CCOC(COc4ncnc5ccccc45)C3)c(C)n2n1. The first-order valence-corrected chi connectivity index (χ1v) is 10.2. The van der Waals surface area contributed by atoms with Gasteiger partial charge in [-0.1, -0.05) is 12.1 Å². The van der Waals surface area contributed by atoms with Crippen LogP contribution in [0.5, 0.6) is 5.88 Å². The van der Waals surface area contributed by atoms with Crippen molar-refractivity contribution in [3.63, 3.8) is 0 Å². The van der Waals surface area contributed by atoms with Crippen molar-refractivity contribution in [1.29, 1.82) is 0 Å². The standard InChI is InChI=1S/C22H22N6O3/c1-14-9-20-23-10-18(15(2)28(20)26-14)22(29)27-7-8-30-16(11-27)12-31-21-17-5-3-4-6-19(17)24-13-25-21/h3-6,9-10,13,16H,7-8,11-12H2,1-2H3. The van der Waals surface area contributed by atoms with Crippen molar-refractivity contribution >= 4 is 22.5 Å². The first-order chi connectivity index (χ1) is 15.1. The molecule has 5 rings (SSSR count). The Kier molecular flexibility index (Phi) is 4.95. The van der Waals surface area contributed by atoms with E-state index in [9.17, 15) is 4.79 Å². The van der Waals surface area contributed by atoms with Gasteiger partial charge in [-0.25, -0.2) is 19.5 Å². The lowest BCUT2D eigenvalue weighted by Crippen LogP contribution is -2.48. The minimum Gasteiger partial charge on any atom is -0.474 e. The third-order valence-corrected chi connectivity index (χ3v) is 5.41. The summed E-state index contributed by atoms with van der Waals surface area (Å²) in [4.78, 5) is 27.9. The number of aryl methyl sites for hydroxylation is 2. The normalized spacial score (nSPS) is 16.7. The second kappa shape index (κ2) is 7.92. The predicted octanol–water partition coefficient (Wildman–Crippen LogP) is 2.21. The maximum atomic E-state index is 13.2. The Morgan fingerprint density at radius 1 is 1.23 bits per heavy atom. The van der Waals surface area contributed by atoms with E-state index in [0.29, 0.717) is 37.7 Å². The van der Waals surface area contributed by atoms with Crippen LogP contribution >= 0.6 is 0 Å². The monoisotopic (exact) mass is 418 g/mol. The molecule has 0 aliphatic carbocycles. The second-order valence-corrected chi connectivity index (χ2v) is 7.56. The zero-order valence-corrected chi connectivity index (χ0v) is 17.4. The minimum atomic E-state index is -0.254. The van der Waals surface area contributed by atoms with E-state index in [-0.39, 0.29) is 12.0 Å². The van der Waals surface area contributed by atoms with Crippen LogP contribution < -0.4 is 4.74 Å². The molecule has 1 fully saturated rings. The number of aromatic nitrogens is 5. The number of benzene rings is 1. The van der Waals surface area contributed by atoms with Crippen molar-refractivity contribution in [2.45, 2.75) is 20.0 Å². The maximum Gasteiger partial charge on any atom is 0.257 e. The van der Waals surface area contributed by atoms with E-state index in [1.54, 1.807) is 15.6 Å². The van der Waals surface area contributed by atoms with Crippen molar-refractivity contribution in [2.75, 3.05) is 26.3 Å². The van der Waals surface area contributed by atoms with Gasteiger partial charge < -0.3 is 14.4 Å². The lowest BCUT2D eigenvalue weighted by Gasteiger charge is -2.33. The predicted molar refractivity (Wildman–Crippen MR) is 113 cm³/mol. The summed E-state index contributed by atoms with van der Waals surface area (Å²) in [5.74, 6) is 0.429. The summed E-state index contributed by atoms with van der Waals surface area (Å²) in [5, 5.41) is 5.28. The van der Waals surface area contributed by atoms with Crippen molar-refractivity contribution in [3.8, 4) is 5.88 Å². The molecule has 0 spiro atoms. The fraction of sp³-hybridized carbons (Fsp3) is 0.318. The van der Waals surface area contributed by atoms with Gasteiger partial charge >= 0.3 is 0 Å². The van der Waals surface area contributed by atoms with Gasteiger partial charge in [0.1, 0.15) is 19.0 Å². The fourth-order valence-corrected chi connectivity index (χ4v) is 3.81. The Hall–Kier alpha value is -3.59. The Bertz CT molecular complexity index is 1270. The number of fused-ring (bicyclic) bond motifs is 2. The molecular weight excluding hydrogens is 396 g/mol. The molecular formula is C22H22N6O3. The van der Waals surface area contributed by atoms with E-state index in [2.05, 4.69) is 20.1 Å². The minimum absolute atomic E-state index is 0.0826. The summed E-state index contributed by atoms with van der Waals surface area (Å²) in [6.45, 7) is 5.47. The molecule has 31 heavy (non-hydrogen) atoms. The van der Waals surface area contributed by atoms with Crippen LogP contribution in [0.1, 0.15) is 21.7 Å². The molecule has 1 atom stereocenters. The molecule has 0 saturated carbocycles. The number of ether oxygens (including phenoxy) is 2. The van der Waals surface area contributed by atoms with Crippen LogP contribution in [0.4, 0.5) is 0 Å². The molecule has 1 saturated heterocycles. The van der Waals surface area contributed by atoms with E-state index in [1.165, 1.54) is 6.33 Å². The summed E-state index contributed by atoms with van der Waals surface area (Å²) in [5.41, 5.74) is 3.73. The highest BCUT2D eigenvalue weighted by Gasteiger charge is 2.27. The van der Waals surface area contributed by atoms with Crippen LogP contribution in [0.2, 0.25) is 0 Å². The van der Waals surface area contributed by atoms with Crippen LogP contribution in [0.25, 0.3) is 16.6 Å². The second-order valence-electron chi connectivity index (χ2n) is 7.56. The van der Waals surface area contributed by atoms with Crippen LogP contribution in [-0.2, 0) is 4.74 Å². The molecule has 158 valence electrons. The van der Waals surface area contributed by atoms with E-state index in [0.717, 1.165) is 27.9 Å². The average Bonchev–Trinajstić information content (AvgIpc) is 3.19. The lowest BCUT2D eigenvalue weighted by atomic mass is 10.2. The van der Waals surface area contributed by atoms with Gasteiger partial charge in [0.25, 0.3) is 5.91 Å². The number of carbonyl (C=O) groups is 1. The van der Waals surface area contributed by atoms with Crippen molar-refractivity contribution in [2.24, 2.45) is 0 Å². The molecule has 0 bridgehead atoms. The molecule has 4 aromatic rings. The largest absolute Gasteiger partial charge is 0.474 e. The van der Waals surface area contributed by atoms with Crippen molar-refractivity contribution in [1.82, 2.24) is 29.5 Å². The first kappa shape index (κ1) is 19.4.